The lowest BCUT2D eigenvalue weighted by Gasteiger charge is -2.11. The lowest BCUT2D eigenvalue weighted by Crippen LogP contribution is -2.05. The number of hydrogen-bond acceptors (Lipinski definition) is 2. The molecule has 0 aliphatic heterocycles. The number of ketones is 1. The van der Waals surface area contributed by atoms with Crippen molar-refractivity contribution in [2.45, 2.75) is 13.3 Å². The first-order valence-corrected chi connectivity index (χ1v) is 6.52. The summed E-state index contributed by atoms with van der Waals surface area (Å²) in [6.45, 7) is 2.00. The third-order valence-corrected chi connectivity index (χ3v) is 3.12. The predicted octanol–water partition coefficient (Wildman–Crippen LogP) is 4.16. The molecule has 0 aliphatic carbocycles. The third-order valence-electron chi connectivity index (χ3n) is 2.83. The molecule has 0 N–H and O–H groups in total. The first-order chi connectivity index (χ1) is 9.18. The Morgan fingerprint density at radius 2 is 1.84 bits per heavy atom. The fourth-order valence-corrected chi connectivity index (χ4v) is 2.08. The van der Waals surface area contributed by atoms with Crippen LogP contribution in [0.4, 0.5) is 0 Å². The van der Waals surface area contributed by atoms with Gasteiger partial charge in [0.15, 0.2) is 5.78 Å². The number of ether oxygens (including phenoxy) is 1. The van der Waals surface area contributed by atoms with Crippen LogP contribution in [-0.4, -0.2) is 12.4 Å². The van der Waals surface area contributed by atoms with Gasteiger partial charge in [-0.2, -0.15) is 0 Å². The van der Waals surface area contributed by atoms with Crippen LogP contribution in [0.2, 0.25) is 5.02 Å². The van der Waals surface area contributed by atoms with Crippen LogP contribution in [0.1, 0.15) is 22.8 Å². The van der Waals surface area contributed by atoms with Crippen LogP contribution < -0.4 is 4.74 Å². The number of halogens is 1. The lowest BCUT2D eigenvalue weighted by molar-refractivity contribution is 0.101. The molecule has 0 bridgehead atoms. The molecule has 0 atom stereocenters. The Morgan fingerprint density at radius 1 is 1.11 bits per heavy atom. The van der Waals surface area contributed by atoms with E-state index in [4.69, 9.17) is 16.3 Å². The molecule has 0 radical (unpaired) electrons. The normalized spacial score (nSPS) is 10.2. The van der Waals surface area contributed by atoms with Crippen LogP contribution in [0.15, 0.2) is 48.5 Å². The van der Waals surface area contributed by atoms with Crippen LogP contribution in [0.25, 0.3) is 0 Å². The number of carbonyl (C=O) groups is 1. The maximum Gasteiger partial charge on any atom is 0.163 e. The van der Waals surface area contributed by atoms with Crippen molar-refractivity contribution in [2.24, 2.45) is 0 Å². The smallest absolute Gasteiger partial charge is 0.163 e. The number of rotatable bonds is 5. The van der Waals surface area contributed by atoms with Gasteiger partial charge in [0, 0.05) is 6.42 Å². The van der Waals surface area contributed by atoms with Crippen molar-refractivity contribution in [3.63, 3.8) is 0 Å². The molecule has 2 nitrogen and oxygen atoms in total. The summed E-state index contributed by atoms with van der Waals surface area (Å²) in [5.74, 6) is 0.435. The Hall–Kier alpha value is -1.80. The van der Waals surface area contributed by atoms with Gasteiger partial charge < -0.3 is 4.74 Å². The van der Waals surface area contributed by atoms with E-state index < -0.39 is 0 Å². The molecular weight excluding hydrogens is 260 g/mol. The van der Waals surface area contributed by atoms with Crippen molar-refractivity contribution in [2.75, 3.05) is 6.61 Å². The minimum atomic E-state index is -0.0442. The Balaban J connectivity index is 2.05. The molecule has 19 heavy (non-hydrogen) atoms. The predicted molar refractivity (Wildman–Crippen MR) is 77.1 cm³/mol. The van der Waals surface area contributed by atoms with E-state index in [0.29, 0.717) is 22.9 Å². The molecule has 2 aromatic rings. The molecule has 2 rings (SSSR count). The maximum absolute atomic E-state index is 11.5. The number of benzene rings is 2. The fourth-order valence-electron chi connectivity index (χ4n) is 1.85. The molecule has 98 valence electrons. The number of Topliss-reactive ketones (excluding diaryl/α,β-unsaturated/α-hetero) is 1. The van der Waals surface area contributed by atoms with Crippen molar-refractivity contribution < 1.29 is 9.53 Å². The summed E-state index contributed by atoms with van der Waals surface area (Å²) in [4.78, 5) is 11.5. The average Bonchev–Trinajstić information content (AvgIpc) is 2.41. The second-order valence-corrected chi connectivity index (χ2v) is 4.66. The zero-order chi connectivity index (χ0) is 13.7. The van der Waals surface area contributed by atoms with Crippen molar-refractivity contribution in [3.05, 3.63) is 64.7 Å². The number of hydrogen-bond donors (Lipinski definition) is 0. The van der Waals surface area contributed by atoms with E-state index in [9.17, 15) is 4.79 Å². The highest BCUT2D eigenvalue weighted by Crippen LogP contribution is 2.29. The zero-order valence-electron chi connectivity index (χ0n) is 10.7. The van der Waals surface area contributed by atoms with Gasteiger partial charge >= 0.3 is 0 Å². The van der Waals surface area contributed by atoms with Crippen LogP contribution in [0.3, 0.4) is 0 Å². The number of para-hydroxylation sites is 1. The summed E-state index contributed by atoms with van der Waals surface area (Å²) in [6.07, 6.45) is 0.781. The van der Waals surface area contributed by atoms with E-state index >= 15 is 0 Å². The molecule has 0 amide bonds. The van der Waals surface area contributed by atoms with Crippen LogP contribution >= 0.6 is 11.6 Å². The van der Waals surface area contributed by atoms with Gasteiger partial charge in [0.2, 0.25) is 0 Å². The molecule has 0 aromatic heterocycles. The monoisotopic (exact) mass is 274 g/mol. The Kier molecular flexibility index (Phi) is 4.58. The molecule has 2 aromatic carbocycles. The molecule has 0 spiro atoms. The highest BCUT2D eigenvalue weighted by Gasteiger charge is 2.11. The topological polar surface area (TPSA) is 26.3 Å². The molecule has 3 heteroatoms. The van der Waals surface area contributed by atoms with Gasteiger partial charge in [0.25, 0.3) is 0 Å². The first-order valence-electron chi connectivity index (χ1n) is 6.14. The number of carbonyl (C=O) groups excluding carboxylic acids is 1. The second-order valence-electron chi connectivity index (χ2n) is 4.26. The maximum atomic E-state index is 11.5. The Labute approximate surface area is 118 Å². The first kappa shape index (κ1) is 13.6. The average molecular weight is 275 g/mol. The van der Waals surface area contributed by atoms with Gasteiger partial charge in [-0.05, 0) is 24.6 Å². The standard InChI is InChI=1S/C16H15ClO2/c1-12(18)14-8-5-9-15(17)16(14)19-11-10-13-6-3-2-4-7-13/h2-9H,10-11H2,1H3. The van der Waals surface area contributed by atoms with Gasteiger partial charge in [-0.15, -0.1) is 0 Å². The van der Waals surface area contributed by atoms with E-state index in [1.165, 1.54) is 12.5 Å². The second kappa shape index (κ2) is 6.39. The fraction of sp³-hybridized carbons (Fsp3) is 0.188. The summed E-state index contributed by atoms with van der Waals surface area (Å²) in [7, 11) is 0. The van der Waals surface area contributed by atoms with E-state index in [0.717, 1.165) is 6.42 Å². The van der Waals surface area contributed by atoms with E-state index in [1.807, 2.05) is 30.3 Å². The van der Waals surface area contributed by atoms with Crippen molar-refractivity contribution in [3.8, 4) is 5.75 Å². The van der Waals surface area contributed by atoms with Crippen molar-refractivity contribution in [1.82, 2.24) is 0 Å². The molecule has 0 heterocycles. The molecule has 0 unspecified atom stereocenters. The summed E-state index contributed by atoms with van der Waals surface area (Å²) >= 11 is 6.08. The molecule has 0 saturated heterocycles. The quantitative estimate of drug-likeness (QED) is 0.765. The third kappa shape index (κ3) is 3.58. The van der Waals surface area contributed by atoms with Gasteiger partial charge in [-0.25, -0.2) is 0 Å². The van der Waals surface area contributed by atoms with Crippen molar-refractivity contribution >= 4 is 17.4 Å². The summed E-state index contributed by atoms with van der Waals surface area (Å²) < 4.78 is 5.68. The summed E-state index contributed by atoms with van der Waals surface area (Å²) in [5, 5.41) is 0.473. The van der Waals surface area contributed by atoms with Crippen LogP contribution in [0, 0.1) is 0 Å². The minimum absolute atomic E-state index is 0.0442. The van der Waals surface area contributed by atoms with Gasteiger partial charge in [-0.1, -0.05) is 48.0 Å². The summed E-state index contributed by atoms with van der Waals surface area (Å²) in [6, 6.07) is 15.3. The highest BCUT2D eigenvalue weighted by molar-refractivity contribution is 6.32. The van der Waals surface area contributed by atoms with Gasteiger partial charge in [0.1, 0.15) is 5.75 Å². The largest absolute Gasteiger partial charge is 0.491 e. The minimum Gasteiger partial charge on any atom is -0.491 e. The highest BCUT2D eigenvalue weighted by atomic mass is 35.5. The molecular formula is C16H15ClO2. The van der Waals surface area contributed by atoms with Crippen molar-refractivity contribution in [1.29, 1.82) is 0 Å². The van der Waals surface area contributed by atoms with Crippen LogP contribution in [-0.2, 0) is 6.42 Å². The van der Waals surface area contributed by atoms with Gasteiger partial charge in [0.05, 0.1) is 17.2 Å². The van der Waals surface area contributed by atoms with Gasteiger partial charge in [-0.3, -0.25) is 4.79 Å². The molecule has 0 fully saturated rings. The molecule has 0 aliphatic rings. The Morgan fingerprint density at radius 3 is 2.53 bits per heavy atom. The van der Waals surface area contributed by atoms with Crippen LogP contribution in [0.5, 0.6) is 5.75 Å². The Bertz CT molecular complexity index is 564. The van der Waals surface area contributed by atoms with E-state index in [-0.39, 0.29) is 5.78 Å². The van der Waals surface area contributed by atoms with E-state index in [2.05, 4.69) is 0 Å². The van der Waals surface area contributed by atoms with E-state index in [1.54, 1.807) is 18.2 Å². The SMILES string of the molecule is CC(=O)c1cccc(Cl)c1OCCc1ccccc1. The summed E-state index contributed by atoms with van der Waals surface area (Å²) in [5.41, 5.74) is 1.72. The molecule has 0 saturated carbocycles. The zero-order valence-corrected chi connectivity index (χ0v) is 11.5. The lowest BCUT2D eigenvalue weighted by atomic mass is 10.1.